The maximum Gasteiger partial charge on any atom is 0.302 e. The SMILES string of the molecule is CC(=O)OC1CCC2(C)C(=CCC3C2CCC2(C)C3C[C@@H](C)[C@]2(O)C(C)=O)C1. The first-order chi connectivity index (χ1) is 13.0. The third-order valence-electron chi connectivity index (χ3n) is 9.51. The Morgan fingerprint density at radius 3 is 2.50 bits per heavy atom. The molecule has 0 heterocycles. The average molecular weight is 389 g/mol. The highest BCUT2D eigenvalue weighted by atomic mass is 16.5. The smallest absolute Gasteiger partial charge is 0.302 e. The molecule has 4 aliphatic rings. The molecule has 28 heavy (non-hydrogen) atoms. The fourth-order valence-electron chi connectivity index (χ4n) is 8.05. The summed E-state index contributed by atoms with van der Waals surface area (Å²) in [6.45, 7) is 9.73. The topological polar surface area (TPSA) is 63.6 Å². The number of aliphatic hydroxyl groups is 1. The molecule has 4 aliphatic carbocycles. The summed E-state index contributed by atoms with van der Waals surface area (Å²) >= 11 is 0. The Hall–Kier alpha value is -1.16. The summed E-state index contributed by atoms with van der Waals surface area (Å²) in [6, 6.07) is 0. The Morgan fingerprint density at radius 1 is 1.14 bits per heavy atom. The van der Waals surface area contributed by atoms with Gasteiger partial charge >= 0.3 is 5.97 Å². The highest BCUT2D eigenvalue weighted by Crippen LogP contribution is 2.68. The maximum absolute atomic E-state index is 12.5. The minimum absolute atomic E-state index is 0.0246. The van der Waals surface area contributed by atoms with Crippen LogP contribution in [0.5, 0.6) is 0 Å². The molecule has 0 radical (unpaired) electrons. The molecule has 0 aliphatic heterocycles. The van der Waals surface area contributed by atoms with Crippen LogP contribution in [0.15, 0.2) is 11.6 Å². The van der Waals surface area contributed by atoms with Crippen LogP contribution in [-0.4, -0.2) is 28.6 Å². The predicted molar refractivity (Wildman–Crippen MR) is 107 cm³/mol. The fraction of sp³-hybridized carbons (Fsp3) is 0.833. The average Bonchev–Trinajstić information content (AvgIpc) is 2.83. The van der Waals surface area contributed by atoms with Crippen molar-refractivity contribution in [2.45, 2.75) is 91.3 Å². The summed E-state index contributed by atoms with van der Waals surface area (Å²) in [5.41, 5.74) is 0.153. The van der Waals surface area contributed by atoms with E-state index in [4.69, 9.17) is 4.74 Å². The van der Waals surface area contributed by atoms with Gasteiger partial charge in [-0.05, 0) is 74.5 Å². The number of allylic oxidation sites excluding steroid dienone is 1. The Kier molecular flexibility index (Phi) is 4.61. The van der Waals surface area contributed by atoms with Crippen LogP contribution in [-0.2, 0) is 14.3 Å². The van der Waals surface area contributed by atoms with E-state index in [2.05, 4.69) is 26.8 Å². The van der Waals surface area contributed by atoms with E-state index in [9.17, 15) is 14.7 Å². The lowest BCUT2D eigenvalue weighted by molar-refractivity contribution is -0.165. The second-order valence-electron chi connectivity index (χ2n) is 10.6. The van der Waals surface area contributed by atoms with E-state index in [1.165, 1.54) is 12.5 Å². The highest BCUT2D eigenvalue weighted by molar-refractivity contribution is 5.86. The standard InChI is InChI=1S/C24H36O4/c1-14-12-21-19-7-6-17-13-18(28-16(3)26)8-10-22(17,4)20(19)9-11-23(21,5)24(14,27)15(2)25/h6,14,18-21,27H,7-13H2,1-5H3/t14-,18?,19?,20?,21?,22?,23?,24+/m1/s1. The molecule has 0 spiro atoms. The molecule has 0 bridgehead atoms. The number of esters is 1. The highest BCUT2D eigenvalue weighted by Gasteiger charge is 2.67. The Morgan fingerprint density at radius 2 is 1.86 bits per heavy atom. The van der Waals surface area contributed by atoms with Crippen LogP contribution in [0.1, 0.15) is 79.6 Å². The largest absolute Gasteiger partial charge is 0.462 e. The van der Waals surface area contributed by atoms with E-state index in [-0.39, 0.29) is 34.6 Å². The lowest BCUT2D eigenvalue weighted by atomic mass is 9.46. The van der Waals surface area contributed by atoms with Gasteiger partial charge in [-0.15, -0.1) is 0 Å². The summed E-state index contributed by atoms with van der Waals surface area (Å²) in [4.78, 5) is 23.9. The van der Waals surface area contributed by atoms with Gasteiger partial charge in [-0.25, -0.2) is 0 Å². The second kappa shape index (κ2) is 6.42. The fourth-order valence-corrected chi connectivity index (χ4v) is 8.05. The normalized spacial score (nSPS) is 50.1. The molecular formula is C24H36O4. The molecule has 156 valence electrons. The summed E-state index contributed by atoms with van der Waals surface area (Å²) in [6.07, 6.45) is 9.29. The van der Waals surface area contributed by atoms with Crippen molar-refractivity contribution in [3.05, 3.63) is 11.6 Å². The summed E-state index contributed by atoms with van der Waals surface area (Å²) in [5, 5.41) is 11.5. The quantitative estimate of drug-likeness (QED) is 0.561. The van der Waals surface area contributed by atoms with E-state index in [0.29, 0.717) is 17.8 Å². The van der Waals surface area contributed by atoms with Gasteiger partial charge in [-0.3, -0.25) is 9.59 Å². The molecule has 3 fully saturated rings. The van der Waals surface area contributed by atoms with E-state index in [0.717, 1.165) is 44.9 Å². The zero-order valence-electron chi connectivity index (χ0n) is 18.1. The second-order valence-corrected chi connectivity index (χ2v) is 10.6. The van der Waals surface area contributed by atoms with E-state index in [1.54, 1.807) is 6.92 Å². The summed E-state index contributed by atoms with van der Waals surface area (Å²) < 4.78 is 5.52. The van der Waals surface area contributed by atoms with Crippen molar-refractivity contribution in [1.82, 2.24) is 0 Å². The van der Waals surface area contributed by atoms with E-state index >= 15 is 0 Å². The van der Waals surface area contributed by atoms with E-state index < -0.39 is 5.60 Å². The first kappa shape index (κ1) is 20.1. The van der Waals surface area contributed by atoms with Crippen LogP contribution in [0, 0.1) is 34.5 Å². The van der Waals surface area contributed by atoms with Crippen LogP contribution >= 0.6 is 0 Å². The zero-order chi connectivity index (χ0) is 20.5. The zero-order valence-corrected chi connectivity index (χ0v) is 18.1. The first-order valence-electron chi connectivity index (χ1n) is 11.1. The van der Waals surface area contributed by atoms with Crippen molar-refractivity contribution in [3.63, 3.8) is 0 Å². The van der Waals surface area contributed by atoms with Crippen LogP contribution in [0.3, 0.4) is 0 Å². The minimum Gasteiger partial charge on any atom is -0.462 e. The number of ketones is 1. The Bertz CT molecular complexity index is 726. The van der Waals surface area contributed by atoms with Gasteiger partial charge in [-0.1, -0.05) is 32.4 Å². The van der Waals surface area contributed by atoms with Crippen LogP contribution in [0.4, 0.5) is 0 Å². The van der Waals surface area contributed by atoms with Crippen molar-refractivity contribution in [3.8, 4) is 0 Å². The van der Waals surface area contributed by atoms with Gasteiger partial charge in [-0.2, -0.15) is 0 Å². The molecule has 0 aromatic carbocycles. The van der Waals surface area contributed by atoms with Crippen molar-refractivity contribution in [1.29, 1.82) is 0 Å². The number of rotatable bonds is 2. The monoisotopic (exact) mass is 388 g/mol. The maximum atomic E-state index is 12.5. The van der Waals surface area contributed by atoms with Gasteiger partial charge in [0.15, 0.2) is 5.78 Å². The summed E-state index contributed by atoms with van der Waals surface area (Å²) in [7, 11) is 0. The molecule has 6 unspecified atom stereocenters. The number of Topliss-reactive ketones (excluding diaryl/α,β-unsaturated/α-hetero) is 1. The molecule has 0 aromatic rings. The molecular weight excluding hydrogens is 352 g/mol. The number of carbonyl (C=O) groups is 2. The number of hydrogen-bond donors (Lipinski definition) is 1. The van der Waals surface area contributed by atoms with Crippen LogP contribution < -0.4 is 0 Å². The Labute approximate surface area is 169 Å². The Balaban J connectivity index is 1.64. The van der Waals surface area contributed by atoms with Gasteiger partial charge in [0.25, 0.3) is 0 Å². The number of ether oxygens (including phenoxy) is 1. The van der Waals surface area contributed by atoms with Crippen LogP contribution in [0.25, 0.3) is 0 Å². The lowest BCUT2D eigenvalue weighted by Crippen LogP contribution is -2.58. The number of carbonyl (C=O) groups excluding carboxylic acids is 2. The summed E-state index contributed by atoms with van der Waals surface area (Å²) in [5.74, 6) is 1.33. The third kappa shape index (κ3) is 2.52. The van der Waals surface area contributed by atoms with Crippen molar-refractivity contribution in [2.24, 2.45) is 34.5 Å². The van der Waals surface area contributed by atoms with Gasteiger partial charge in [0.05, 0.1) is 0 Å². The molecule has 8 atom stereocenters. The number of fused-ring (bicyclic) bond motifs is 5. The molecule has 1 N–H and O–H groups in total. The lowest BCUT2D eigenvalue weighted by Gasteiger charge is -2.58. The van der Waals surface area contributed by atoms with Gasteiger partial charge in [0.1, 0.15) is 11.7 Å². The molecule has 4 rings (SSSR count). The first-order valence-corrected chi connectivity index (χ1v) is 11.1. The van der Waals surface area contributed by atoms with Crippen molar-refractivity contribution in [2.75, 3.05) is 0 Å². The minimum atomic E-state index is -1.18. The van der Waals surface area contributed by atoms with Crippen molar-refractivity contribution >= 4 is 11.8 Å². The molecule has 0 amide bonds. The number of hydrogen-bond acceptors (Lipinski definition) is 4. The molecule has 4 heteroatoms. The molecule has 0 aromatic heterocycles. The van der Waals surface area contributed by atoms with Crippen molar-refractivity contribution < 1.29 is 19.4 Å². The molecule has 0 saturated heterocycles. The third-order valence-corrected chi connectivity index (χ3v) is 9.51. The van der Waals surface area contributed by atoms with Gasteiger partial charge < -0.3 is 9.84 Å². The van der Waals surface area contributed by atoms with Gasteiger partial charge in [0.2, 0.25) is 0 Å². The predicted octanol–water partition coefficient (Wildman–Crippen LogP) is 4.45. The molecule has 4 nitrogen and oxygen atoms in total. The van der Waals surface area contributed by atoms with E-state index in [1.807, 2.05) is 0 Å². The van der Waals surface area contributed by atoms with Crippen LogP contribution in [0.2, 0.25) is 0 Å². The van der Waals surface area contributed by atoms with Gasteiger partial charge in [0, 0.05) is 18.8 Å². The molecule has 3 saturated carbocycles.